The number of para-hydroxylation sites is 1. The van der Waals surface area contributed by atoms with E-state index < -0.39 is 5.97 Å². The Morgan fingerprint density at radius 2 is 2.14 bits per heavy atom. The molecule has 0 atom stereocenters. The summed E-state index contributed by atoms with van der Waals surface area (Å²) in [4.78, 5) is 16.0. The number of hydrogen-bond acceptors (Lipinski definition) is 5. The van der Waals surface area contributed by atoms with Crippen molar-refractivity contribution in [1.29, 1.82) is 0 Å². The molecule has 0 aliphatic heterocycles. The second-order valence-corrected chi connectivity index (χ2v) is 6.80. The van der Waals surface area contributed by atoms with E-state index in [-0.39, 0.29) is 0 Å². The highest BCUT2D eigenvalue weighted by Gasteiger charge is 2.13. The lowest BCUT2D eigenvalue weighted by atomic mass is 10.2. The van der Waals surface area contributed by atoms with Crippen LogP contribution in [0.4, 0.5) is 5.69 Å². The molecule has 0 amide bonds. The van der Waals surface area contributed by atoms with Gasteiger partial charge in [0.25, 0.3) is 0 Å². The van der Waals surface area contributed by atoms with Crippen molar-refractivity contribution < 1.29 is 9.90 Å². The average Bonchev–Trinajstić information content (AvgIpc) is 2.96. The van der Waals surface area contributed by atoms with Crippen LogP contribution in [0.25, 0.3) is 10.9 Å². The fourth-order valence-corrected chi connectivity index (χ4v) is 3.81. The number of carboxylic acids is 1. The Morgan fingerprint density at radius 3 is 2.91 bits per heavy atom. The quantitative estimate of drug-likeness (QED) is 0.682. The van der Waals surface area contributed by atoms with Crippen molar-refractivity contribution in [1.82, 2.24) is 4.98 Å². The maximum Gasteiger partial charge on any atom is 0.345 e. The predicted molar refractivity (Wildman–Crippen MR) is 92.1 cm³/mol. The smallest absolute Gasteiger partial charge is 0.345 e. The van der Waals surface area contributed by atoms with E-state index in [0.29, 0.717) is 11.4 Å². The van der Waals surface area contributed by atoms with Crippen LogP contribution in [-0.4, -0.2) is 22.3 Å². The number of carboxylic acid groups (broad SMARTS) is 1. The third-order valence-electron chi connectivity index (χ3n) is 3.21. The zero-order chi connectivity index (χ0) is 15.5. The number of fused-ring (bicyclic) bond motifs is 1. The predicted octanol–water partition coefficient (Wildman–Crippen LogP) is 4.33. The Bertz CT molecular complexity index is 830. The maximum atomic E-state index is 11.1. The summed E-state index contributed by atoms with van der Waals surface area (Å²) in [6.07, 6.45) is 1.94. The summed E-state index contributed by atoms with van der Waals surface area (Å²) in [5.74, 6) is -0.891. The van der Waals surface area contributed by atoms with Gasteiger partial charge in [-0.2, -0.15) is 0 Å². The van der Waals surface area contributed by atoms with Gasteiger partial charge in [0.1, 0.15) is 4.88 Å². The highest BCUT2D eigenvalue weighted by atomic mass is 32.2. The van der Waals surface area contributed by atoms with Crippen molar-refractivity contribution in [3.8, 4) is 0 Å². The molecule has 22 heavy (non-hydrogen) atoms. The van der Waals surface area contributed by atoms with Crippen molar-refractivity contribution >= 4 is 45.7 Å². The van der Waals surface area contributed by atoms with E-state index in [9.17, 15) is 4.79 Å². The van der Waals surface area contributed by atoms with E-state index >= 15 is 0 Å². The Labute approximate surface area is 136 Å². The number of carbonyl (C=O) groups is 1. The van der Waals surface area contributed by atoms with Crippen molar-refractivity contribution in [3.63, 3.8) is 0 Å². The molecule has 0 aliphatic carbocycles. The molecule has 2 N–H and O–H groups in total. The largest absolute Gasteiger partial charge is 0.477 e. The van der Waals surface area contributed by atoms with Gasteiger partial charge in [-0.3, -0.25) is 4.98 Å². The Morgan fingerprint density at radius 1 is 1.32 bits per heavy atom. The van der Waals surface area contributed by atoms with Crippen LogP contribution in [0.2, 0.25) is 0 Å². The first-order chi connectivity index (χ1) is 10.7. The number of anilines is 1. The average molecular weight is 330 g/mol. The summed E-state index contributed by atoms with van der Waals surface area (Å²) in [6, 6.07) is 13.7. The molecule has 0 saturated carbocycles. The highest BCUT2D eigenvalue weighted by Crippen LogP contribution is 2.35. The third kappa shape index (κ3) is 3.08. The van der Waals surface area contributed by atoms with Crippen LogP contribution in [0.3, 0.4) is 0 Å². The number of nitrogens with zero attached hydrogens (tertiary/aromatic N) is 1. The van der Waals surface area contributed by atoms with Crippen LogP contribution < -0.4 is 5.32 Å². The molecule has 0 saturated heterocycles. The molecule has 0 radical (unpaired) electrons. The summed E-state index contributed by atoms with van der Waals surface area (Å²) in [7, 11) is 0. The molecule has 4 nitrogen and oxygen atoms in total. The second-order valence-electron chi connectivity index (χ2n) is 4.67. The number of rotatable bonds is 5. The van der Waals surface area contributed by atoms with Gasteiger partial charge < -0.3 is 10.4 Å². The molecule has 112 valence electrons. The molecule has 3 rings (SSSR count). The van der Waals surface area contributed by atoms with Crippen molar-refractivity contribution in [3.05, 3.63) is 53.0 Å². The van der Waals surface area contributed by atoms with E-state index in [4.69, 9.17) is 5.11 Å². The fraction of sp³-hybridized carbons (Fsp3) is 0.125. The molecule has 1 aromatic carbocycles. The molecule has 0 aliphatic rings. The topological polar surface area (TPSA) is 62.2 Å². The molecule has 0 unspecified atom stereocenters. The monoisotopic (exact) mass is 330 g/mol. The lowest BCUT2D eigenvalue weighted by molar-refractivity contribution is 0.0702. The van der Waals surface area contributed by atoms with Gasteiger partial charge in [-0.15, -0.1) is 23.1 Å². The van der Waals surface area contributed by atoms with Gasteiger partial charge in [-0.1, -0.05) is 24.3 Å². The van der Waals surface area contributed by atoms with Crippen molar-refractivity contribution in [2.24, 2.45) is 0 Å². The summed E-state index contributed by atoms with van der Waals surface area (Å²) in [6.45, 7) is 0.564. The molecule has 2 heterocycles. The first-order valence-electron chi connectivity index (χ1n) is 6.67. The number of thiophene rings is 1. The molecule has 0 fully saturated rings. The van der Waals surface area contributed by atoms with Gasteiger partial charge in [-0.05, 0) is 24.5 Å². The lowest BCUT2D eigenvalue weighted by Gasteiger charge is -2.06. The highest BCUT2D eigenvalue weighted by molar-refractivity contribution is 8.00. The van der Waals surface area contributed by atoms with Crippen molar-refractivity contribution in [2.45, 2.75) is 10.8 Å². The lowest BCUT2D eigenvalue weighted by Crippen LogP contribution is -2.01. The minimum absolute atomic E-state index is 0.346. The van der Waals surface area contributed by atoms with E-state index in [0.717, 1.165) is 26.5 Å². The van der Waals surface area contributed by atoms with E-state index in [2.05, 4.69) is 10.3 Å². The molecule has 6 heteroatoms. The van der Waals surface area contributed by atoms with Gasteiger partial charge >= 0.3 is 5.97 Å². The van der Waals surface area contributed by atoms with Gasteiger partial charge in [0.2, 0.25) is 0 Å². The number of benzene rings is 1. The Hall–Kier alpha value is -2.05. The number of aromatic carboxylic acids is 1. The van der Waals surface area contributed by atoms with Crippen LogP contribution >= 0.6 is 23.1 Å². The van der Waals surface area contributed by atoms with Crippen LogP contribution in [0.15, 0.2) is 46.7 Å². The van der Waals surface area contributed by atoms with Gasteiger partial charge in [0, 0.05) is 5.39 Å². The first kappa shape index (κ1) is 14.9. The molecule has 3 aromatic rings. The van der Waals surface area contributed by atoms with E-state index in [1.54, 1.807) is 17.8 Å². The van der Waals surface area contributed by atoms with Crippen molar-refractivity contribution in [2.75, 3.05) is 11.6 Å². The Kier molecular flexibility index (Phi) is 4.31. The first-order valence-corrected chi connectivity index (χ1v) is 8.71. The molecule has 2 aromatic heterocycles. The number of thioether (sulfide) groups is 1. The summed E-state index contributed by atoms with van der Waals surface area (Å²) < 4.78 is 0.971. The molecule has 0 bridgehead atoms. The van der Waals surface area contributed by atoms with E-state index in [1.807, 2.05) is 42.7 Å². The van der Waals surface area contributed by atoms with Crippen LogP contribution in [0.5, 0.6) is 0 Å². The summed E-state index contributed by atoms with van der Waals surface area (Å²) >= 11 is 2.83. The van der Waals surface area contributed by atoms with Crippen LogP contribution in [0.1, 0.15) is 15.4 Å². The minimum atomic E-state index is -0.891. The fourth-order valence-electron chi connectivity index (χ4n) is 2.15. The molecule has 0 spiro atoms. The van der Waals surface area contributed by atoms with Gasteiger partial charge in [0.15, 0.2) is 0 Å². The summed E-state index contributed by atoms with van der Waals surface area (Å²) in [5, 5.41) is 13.5. The Balaban J connectivity index is 1.80. The van der Waals surface area contributed by atoms with Crippen LogP contribution in [-0.2, 0) is 6.54 Å². The van der Waals surface area contributed by atoms with Crippen LogP contribution in [0, 0.1) is 0 Å². The number of pyridine rings is 1. The number of aromatic nitrogens is 1. The second kappa shape index (κ2) is 6.37. The SMILES string of the molecule is CSc1sc(C(=O)O)cc1NCc1ccc2ccccc2n1. The minimum Gasteiger partial charge on any atom is -0.477 e. The number of nitrogens with one attached hydrogen (secondary N) is 1. The maximum absolute atomic E-state index is 11.1. The zero-order valence-corrected chi connectivity index (χ0v) is 13.5. The van der Waals surface area contributed by atoms with E-state index in [1.165, 1.54) is 11.3 Å². The van der Waals surface area contributed by atoms with Gasteiger partial charge in [-0.25, -0.2) is 4.79 Å². The molecular weight excluding hydrogens is 316 g/mol. The zero-order valence-electron chi connectivity index (χ0n) is 11.9. The third-order valence-corrected chi connectivity index (χ3v) is 5.47. The van der Waals surface area contributed by atoms with Gasteiger partial charge in [0.05, 0.1) is 27.7 Å². The normalized spacial score (nSPS) is 10.8. The standard InChI is InChI=1S/C16H14N2O2S2/c1-21-16-13(8-14(22-16)15(19)20)17-9-11-7-6-10-4-2-3-5-12(10)18-11/h2-8,17H,9H2,1H3,(H,19,20). The number of hydrogen-bond donors (Lipinski definition) is 2. The molecular formula is C16H14N2O2S2. The summed E-state index contributed by atoms with van der Waals surface area (Å²) in [5.41, 5.74) is 2.74.